The number of likely N-dealkylation sites (N-methyl/N-ethyl adjacent to an activating group) is 1. The van der Waals surface area contributed by atoms with Crippen LogP contribution in [-0.2, 0) is 6.42 Å². The highest BCUT2D eigenvalue weighted by atomic mass is 14.9. The van der Waals surface area contributed by atoms with Crippen molar-refractivity contribution in [2.24, 2.45) is 5.92 Å². The quantitative estimate of drug-likeness (QED) is 0.761. The van der Waals surface area contributed by atoms with E-state index in [1.165, 1.54) is 29.2 Å². The van der Waals surface area contributed by atoms with Gasteiger partial charge in [-0.15, -0.1) is 0 Å². The van der Waals surface area contributed by atoms with Crippen LogP contribution in [0.2, 0.25) is 0 Å². The van der Waals surface area contributed by atoms with Crippen LogP contribution in [-0.4, -0.2) is 12.6 Å². The van der Waals surface area contributed by atoms with Gasteiger partial charge in [0.1, 0.15) is 0 Å². The van der Waals surface area contributed by atoms with Crippen molar-refractivity contribution in [3.8, 4) is 0 Å². The fourth-order valence-corrected chi connectivity index (χ4v) is 2.75. The number of benzene rings is 2. The molecular weight excluding hydrogens is 242 g/mol. The lowest BCUT2D eigenvalue weighted by molar-refractivity contribution is 0.435. The molecule has 0 aliphatic carbocycles. The van der Waals surface area contributed by atoms with Crippen molar-refractivity contribution in [1.82, 2.24) is 5.32 Å². The first-order valence-electron chi connectivity index (χ1n) is 7.90. The number of hydrogen-bond acceptors (Lipinski definition) is 1. The van der Waals surface area contributed by atoms with E-state index < -0.39 is 0 Å². The molecule has 0 radical (unpaired) electrons. The zero-order valence-electron chi connectivity index (χ0n) is 13.0. The van der Waals surface area contributed by atoms with Crippen molar-refractivity contribution in [2.45, 2.75) is 46.1 Å². The molecule has 0 fully saturated rings. The first-order chi connectivity index (χ1) is 9.69. The Hall–Kier alpha value is -1.34. The second-order valence-electron chi connectivity index (χ2n) is 6.11. The Morgan fingerprint density at radius 1 is 0.950 bits per heavy atom. The second kappa shape index (κ2) is 7.44. The van der Waals surface area contributed by atoms with Gasteiger partial charge in [0.15, 0.2) is 0 Å². The fourth-order valence-electron chi connectivity index (χ4n) is 2.75. The Morgan fingerprint density at radius 2 is 1.70 bits per heavy atom. The van der Waals surface area contributed by atoms with Gasteiger partial charge in [0.25, 0.3) is 0 Å². The minimum atomic E-state index is 0.601. The normalized spacial score (nSPS) is 13.0. The van der Waals surface area contributed by atoms with Crippen LogP contribution in [0.5, 0.6) is 0 Å². The molecule has 0 saturated heterocycles. The second-order valence-corrected chi connectivity index (χ2v) is 6.11. The third-order valence-corrected chi connectivity index (χ3v) is 3.88. The number of hydrogen-bond donors (Lipinski definition) is 1. The van der Waals surface area contributed by atoms with Gasteiger partial charge in [-0.2, -0.15) is 0 Å². The third kappa shape index (κ3) is 4.35. The summed E-state index contributed by atoms with van der Waals surface area (Å²) in [5.41, 5.74) is 1.44. The summed E-state index contributed by atoms with van der Waals surface area (Å²) in [4.78, 5) is 0. The van der Waals surface area contributed by atoms with E-state index in [0.29, 0.717) is 6.04 Å². The van der Waals surface area contributed by atoms with Gasteiger partial charge >= 0.3 is 0 Å². The van der Waals surface area contributed by atoms with Crippen molar-refractivity contribution in [2.75, 3.05) is 6.54 Å². The first-order valence-corrected chi connectivity index (χ1v) is 7.90. The van der Waals surface area contributed by atoms with Crippen LogP contribution in [0.1, 0.15) is 39.2 Å². The van der Waals surface area contributed by atoms with Crippen LogP contribution in [0.3, 0.4) is 0 Å². The van der Waals surface area contributed by atoms with Crippen molar-refractivity contribution < 1.29 is 0 Å². The Bertz CT molecular complexity index is 530. The van der Waals surface area contributed by atoms with Gasteiger partial charge < -0.3 is 5.32 Å². The van der Waals surface area contributed by atoms with Crippen LogP contribution < -0.4 is 5.32 Å². The number of rotatable bonds is 7. The molecule has 1 heteroatoms. The van der Waals surface area contributed by atoms with Crippen LogP contribution in [0.4, 0.5) is 0 Å². The largest absolute Gasteiger partial charge is 0.314 e. The molecule has 2 rings (SSSR count). The predicted octanol–water partition coefficient (Wildman–Crippen LogP) is 4.80. The molecule has 2 aromatic carbocycles. The summed E-state index contributed by atoms with van der Waals surface area (Å²) in [5.74, 6) is 0.785. The van der Waals surface area contributed by atoms with E-state index in [1.807, 2.05) is 0 Å². The van der Waals surface area contributed by atoms with Crippen LogP contribution in [0.15, 0.2) is 42.5 Å². The molecule has 0 saturated carbocycles. The molecule has 0 amide bonds. The summed E-state index contributed by atoms with van der Waals surface area (Å²) < 4.78 is 0. The maximum Gasteiger partial charge on any atom is 0.0107 e. The molecule has 0 aliphatic rings. The van der Waals surface area contributed by atoms with Crippen LogP contribution in [0, 0.1) is 5.92 Å². The van der Waals surface area contributed by atoms with Gasteiger partial charge in [0, 0.05) is 6.04 Å². The van der Waals surface area contributed by atoms with E-state index in [4.69, 9.17) is 0 Å². The lowest BCUT2D eigenvalue weighted by atomic mass is 9.96. The molecule has 0 bridgehead atoms. The van der Waals surface area contributed by atoms with Crippen molar-refractivity contribution in [1.29, 1.82) is 0 Å². The zero-order valence-corrected chi connectivity index (χ0v) is 13.0. The molecule has 0 aromatic heterocycles. The summed E-state index contributed by atoms with van der Waals surface area (Å²) in [7, 11) is 0. The standard InChI is InChI=1S/C19H27N/c1-4-20-19(12-9-15(2)3)14-16-10-11-17-7-5-6-8-18(17)13-16/h5-8,10-11,13,15,19-20H,4,9,12,14H2,1-3H3. The van der Waals surface area contributed by atoms with Gasteiger partial charge in [0.05, 0.1) is 0 Å². The molecule has 20 heavy (non-hydrogen) atoms. The van der Waals surface area contributed by atoms with E-state index in [-0.39, 0.29) is 0 Å². The molecule has 2 aromatic rings. The zero-order chi connectivity index (χ0) is 14.4. The molecule has 1 N–H and O–H groups in total. The van der Waals surface area contributed by atoms with E-state index in [0.717, 1.165) is 18.9 Å². The third-order valence-electron chi connectivity index (χ3n) is 3.88. The minimum absolute atomic E-state index is 0.601. The highest BCUT2D eigenvalue weighted by Gasteiger charge is 2.09. The lowest BCUT2D eigenvalue weighted by Crippen LogP contribution is -2.31. The molecule has 1 atom stereocenters. The Balaban J connectivity index is 2.07. The Kier molecular flexibility index (Phi) is 5.60. The lowest BCUT2D eigenvalue weighted by Gasteiger charge is -2.19. The summed E-state index contributed by atoms with van der Waals surface area (Å²) in [6.07, 6.45) is 3.69. The highest BCUT2D eigenvalue weighted by Crippen LogP contribution is 2.18. The van der Waals surface area contributed by atoms with Gasteiger partial charge in [0.2, 0.25) is 0 Å². The molecule has 1 nitrogen and oxygen atoms in total. The number of fused-ring (bicyclic) bond motifs is 1. The van der Waals surface area contributed by atoms with Gasteiger partial charge in [-0.3, -0.25) is 0 Å². The predicted molar refractivity (Wildman–Crippen MR) is 89.2 cm³/mol. The van der Waals surface area contributed by atoms with Crippen LogP contribution in [0.25, 0.3) is 10.8 Å². The maximum atomic E-state index is 3.63. The first kappa shape index (κ1) is 15.1. The fraction of sp³-hybridized carbons (Fsp3) is 0.474. The SMILES string of the molecule is CCNC(CCC(C)C)Cc1ccc2ccccc2c1. The van der Waals surface area contributed by atoms with E-state index in [9.17, 15) is 0 Å². The van der Waals surface area contributed by atoms with Crippen molar-refractivity contribution in [3.05, 3.63) is 48.0 Å². The van der Waals surface area contributed by atoms with Gasteiger partial charge in [-0.05, 0) is 48.1 Å². The number of nitrogens with one attached hydrogen (secondary N) is 1. The molecule has 0 spiro atoms. The van der Waals surface area contributed by atoms with Gasteiger partial charge in [-0.1, -0.05) is 63.2 Å². The molecule has 108 valence electrons. The minimum Gasteiger partial charge on any atom is -0.314 e. The summed E-state index contributed by atoms with van der Waals surface area (Å²) in [6, 6.07) is 16.1. The highest BCUT2D eigenvalue weighted by molar-refractivity contribution is 5.82. The maximum absolute atomic E-state index is 3.63. The van der Waals surface area contributed by atoms with Crippen molar-refractivity contribution in [3.63, 3.8) is 0 Å². The topological polar surface area (TPSA) is 12.0 Å². The average molecular weight is 269 g/mol. The van der Waals surface area contributed by atoms with E-state index >= 15 is 0 Å². The molecule has 0 heterocycles. The van der Waals surface area contributed by atoms with Gasteiger partial charge in [-0.25, -0.2) is 0 Å². The monoisotopic (exact) mass is 269 g/mol. The summed E-state index contributed by atoms with van der Waals surface area (Å²) in [5, 5.41) is 6.32. The molecular formula is C19H27N. The van der Waals surface area contributed by atoms with Crippen LogP contribution >= 0.6 is 0 Å². The average Bonchev–Trinajstić information content (AvgIpc) is 2.45. The Morgan fingerprint density at radius 3 is 2.40 bits per heavy atom. The van der Waals surface area contributed by atoms with E-state index in [1.54, 1.807) is 0 Å². The van der Waals surface area contributed by atoms with Crippen molar-refractivity contribution >= 4 is 10.8 Å². The molecule has 0 aliphatic heterocycles. The van der Waals surface area contributed by atoms with E-state index in [2.05, 4.69) is 68.6 Å². The summed E-state index contributed by atoms with van der Waals surface area (Å²) in [6.45, 7) is 7.86. The smallest absolute Gasteiger partial charge is 0.0107 e. The Labute approximate surface area is 123 Å². The molecule has 1 unspecified atom stereocenters. The summed E-state index contributed by atoms with van der Waals surface area (Å²) >= 11 is 0.